The Bertz CT molecular complexity index is 918. The van der Waals surface area contributed by atoms with Gasteiger partial charge >= 0.3 is 0 Å². The molecule has 1 aromatic carbocycles. The molecule has 4 nitrogen and oxygen atoms in total. The van der Waals surface area contributed by atoms with E-state index in [9.17, 15) is 4.79 Å². The van der Waals surface area contributed by atoms with Gasteiger partial charge in [-0.15, -0.1) is 0 Å². The van der Waals surface area contributed by atoms with Gasteiger partial charge in [-0.2, -0.15) is 11.3 Å². The number of fused-ring (bicyclic) bond motifs is 1. The van der Waals surface area contributed by atoms with Crippen molar-refractivity contribution in [1.82, 2.24) is 9.58 Å². The minimum absolute atomic E-state index is 0.0819. The summed E-state index contributed by atoms with van der Waals surface area (Å²) in [6, 6.07) is 8.37. The van der Waals surface area contributed by atoms with Gasteiger partial charge < -0.3 is 10.7 Å². The number of ketones is 1. The minimum Gasteiger partial charge on any atom is -0.339 e. The number of thiophene rings is 1. The van der Waals surface area contributed by atoms with Crippen LogP contribution in [0.25, 0.3) is 10.9 Å². The maximum atomic E-state index is 12.7. The first kappa shape index (κ1) is 17.3. The zero-order valence-corrected chi connectivity index (χ0v) is 16.1. The Labute approximate surface area is 158 Å². The van der Waals surface area contributed by atoms with Crippen molar-refractivity contribution in [3.63, 3.8) is 0 Å². The average molecular weight is 368 g/mol. The molecule has 4 rings (SSSR count). The molecule has 2 aromatic heterocycles. The van der Waals surface area contributed by atoms with Crippen molar-refractivity contribution in [1.29, 1.82) is 0 Å². The number of likely N-dealkylation sites (tertiary alicyclic amines) is 1. The fraction of sp³-hybridized carbons (Fsp3) is 0.381. The van der Waals surface area contributed by atoms with Gasteiger partial charge in [-0.3, -0.25) is 9.47 Å². The second kappa shape index (κ2) is 6.89. The lowest BCUT2D eigenvalue weighted by atomic mass is 9.88. The van der Waals surface area contributed by atoms with Crippen molar-refractivity contribution in [3.8, 4) is 0 Å². The standard InChI is InChI=1S/C21H25N3OS/c1-14(2)23-8-5-15(6-9-23)19-12-24(22)20-4-3-16(11-18(19)20)21(25)17-7-10-26-13-17/h3-4,7,10-15H,5-6,8-9,22H2,1-2H3. The summed E-state index contributed by atoms with van der Waals surface area (Å²) in [6.07, 6.45) is 4.33. The predicted octanol–water partition coefficient (Wildman–Crippen LogP) is 4.24. The number of piperidine rings is 1. The molecule has 1 aliphatic rings. The highest BCUT2D eigenvalue weighted by Gasteiger charge is 2.25. The Kier molecular flexibility index (Phi) is 4.59. The molecule has 3 heterocycles. The van der Waals surface area contributed by atoms with E-state index in [0.717, 1.165) is 48.0 Å². The molecule has 3 aromatic rings. The highest BCUT2D eigenvalue weighted by molar-refractivity contribution is 7.08. The first-order chi connectivity index (χ1) is 12.5. The molecule has 0 saturated carbocycles. The third-order valence-corrected chi connectivity index (χ3v) is 6.29. The van der Waals surface area contributed by atoms with Crippen LogP contribution in [0.2, 0.25) is 0 Å². The van der Waals surface area contributed by atoms with Gasteiger partial charge in [0.25, 0.3) is 0 Å². The van der Waals surface area contributed by atoms with E-state index < -0.39 is 0 Å². The van der Waals surface area contributed by atoms with Crippen molar-refractivity contribution in [2.24, 2.45) is 0 Å². The van der Waals surface area contributed by atoms with Crippen molar-refractivity contribution in [2.45, 2.75) is 38.6 Å². The van der Waals surface area contributed by atoms with E-state index >= 15 is 0 Å². The van der Waals surface area contributed by atoms with Crippen LogP contribution in [0, 0.1) is 0 Å². The zero-order valence-electron chi connectivity index (χ0n) is 15.3. The molecular formula is C21H25N3OS. The first-order valence-corrected chi connectivity index (χ1v) is 10.2. The lowest BCUT2D eigenvalue weighted by molar-refractivity contribution is 0.103. The SMILES string of the molecule is CC(C)N1CCC(c2cn(N)c3ccc(C(=O)c4ccsc4)cc23)CC1. The molecule has 0 aliphatic carbocycles. The Morgan fingerprint density at radius 2 is 1.96 bits per heavy atom. The second-order valence-electron chi connectivity index (χ2n) is 7.47. The van der Waals surface area contributed by atoms with Gasteiger partial charge in [0.05, 0.1) is 5.52 Å². The van der Waals surface area contributed by atoms with E-state index in [2.05, 4.69) is 24.9 Å². The molecule has 1 fully saturated rings. The van der Waals surface area contributed by atoms with E-state index in [-0.39, 0.29) is 5.78 Å². The predicted molar refractivity (Wildman–Crippen MR) is 109 cm³/mol. The molecule has 5 heteroatoms. The summed E-state index contributed by atoms with van der Waals surface area (Å²) in [7, 11) is 0. The van der Waals surface area contributed by atoms with Crippen LogP contribution < -0.4 is 5.84 Å². The lowest BCUT2D eigenvalue weighted by Crippen LogP contribution is -2.37. The van der Waals surface area contributed by atoms with E-state index in [1.807, 2.05) is 35.0 Å². The molecule has 0 radical (unpaired) electrons. The van der Waals surface area contributed by atoms with Crippen LogP contribution in [0.1, 0.15) is 54.1 Å². The van der Waals surface area contributed by atoms with Gasteiger partial charge in [0, 0.05) is 34.1 Å². The summed E-state index contributed by atoms with van der Waals surface area (Å²) in [6.45, 7) is 6.75. The van der Waals surface area contributed by atoms with Crippen molar-refractivity contribution in [3.05, 3.63) is 57.9 Å². The summed E-state index contributed by atoms with van der Waals surface area (Å²) in [5, 5.41) is 4.97. The van der Waals surface area contributed by atoms with Gasteiger partial charge in [0.2, 0.25) is 0 Å². The third-order valence-electron chi connectivity index (χ3n) is 5.61. The van der Waals surface area contributed by atoms with Gasteiger partial charge in [0.15, 0.2) is 5.78 Å². The molecule has 0 bridgehead atoms. The smallest absolute Gasteiger partial charge is 0.193 e. The molecule has 1 saturated heterocycles. The highest BCUT2D eigenvalue weighted by Crippen LogP contribution is 2.35. The quantitative estimate of drug-likeness (QED) is 0.554. The van der Waals surface area contributed by atoms with Crippen LogP contribution in [-0.2, 0) is 0 Å². The maximum absolute atomic E-state index is 12.7. The molecular weight excluding hydrogens is 342 g/mol. The summed E-state index contributed by atoms with van der Waals surface area (Å²) in [5.74, 6) is 6.79. The van der Waals surface area contributed by atoms with E-state index in [1.54, 1.807) is 16.0 Å². The molecule has 1 aliphatic heterocycles. The second-order valence-corrected chi connectivity index (χ2v) is 8.25. The van der Waals surface area contributed by atoms with Crippen molar-refractivity contribution < 1.29 is 4.79 Å². The molecule has 0 amide bonds. The van der Waals surface area contributed by atoms with Crippen LogP contribution in [0.3, 0.4) is 0 Å². The van der Waals surface area contributed by atoms with Gasteiger partial charge in [0.1, 0.15) is 0 Å². The number of rotatable bonds is 4. The fourth-order valence-electron chi connectivity index (χ4n) is 4.04. The number of nitrogens with zero attached hydrogens (tertiary/aromatic N) is 2. The van der Waals surface area contributed by atoms with Crippen molar-refractivity contribution in [2.75, 3.05) is 18.9 Å². The number of hydrogen-bond donors (Lipinski definition) is 1. The topological polar surface area (TPSA) is 51.3 Å². The van der Waals surface area contributed by atoms with Crippen LogP contribution in [-0.4, -0.2) is 34.5 Å². The molecule has 136 valence electrons. The van der Waals surface area contributed by atoms with E-state index in [0.29, 0.717) is 12.0 Å². The number of nitrogen functional groups attached to an aromatic ring is 1. The normalized spacial score (nSPS) is 16.6. The molecule has 0 spiro atoms. The molecule has 0 unspecified atom stereocenters. The largest absolute Gasteiger partial charge is 0.339 e. The number of benzene rings is 1. The van der Waals surface area contributed by atoms with Crippen molar-refractivity contribution >= 4 is 28.0 Å². The maximum Gasteiger partial charge on any atom is 0.193 e. The number of carbonyl (C=O) groups excluding carboxylic acids is 1. The average Bonchev–Trinajstić information content (AvgIpc) is 3.29. The Morgan fingerprint density at radius 3 is 2.62 bits per heavy atom. The first-order valence-electron chi connectivity index (χ1n) is 9.25. The van der Waals surface area contributed by atoms with Gasteiger partial charge in [-0.1, -0.05) is 0 Å². The lowest BCUT2D eigenvalue weighted by Gasteiger charge is -2.34. The Morgan fingerprint density at radius 1 is 1.19 bits per heavy atom. The number of aromatic nitrogens is 1. The summed E-state index contributed by atoms with van der Waals surface area (Å²) >= 11 is 1.55. The zero-order chi connectivity index (χ0) is 18.3. The number of carbonyl (C=O) groups is 1. The van der Waals surface area contributed by atoms with Crippen LogP contribution in [0.5, 0.6) is 0 Å². The highest BCUT2D eigenvalue weighted by atomic mass is 32.1. The van der Waals surface area contributed by atoms with E-state index in [4.69, 9.17) is 5.84 Å². The van der Waals surface area contributed by atoms with Gasteiger partial charge in [-0.25, -0.2) is 0 Å². The number of nitrogens with two attached hydrogens (primary N) is 1. The monoisotopic (exact) mass is 367 g/mol. The minimum atomic E-state index is 0.0819. The fourth-order valence-corrected chi connectivity index (χ4v) is 4.67. The number of hydrogen-bond acceptors (Lipinski definition) is 4. The summed E-state index contributed by atoms with van der Waals surface area (Å²) in [4.78, 5) is 15.3. The third kappa shape index (κ3) is 3.06. The Hall–Kier alpha value is -2.11. The van der Waals surface area contributed by atoms with Crippen LogP contribution >= 0.6 is 11.3 Å². The molecule has 2 N–H and O–H groups in total. The molecule has 26 heavy (non-hydrogen) atoms. The summed E-state index contributed by atoms with van der Waals surface area (Å²) in [5.41, 5.74) is 3.77. The van der Waals surface area contributed by atoms with Crippen LogP contribution in [0.4, 0.5) is 0 Å². The van der Waals surface area contributed by atoms with Gasteiger partial charge in [-0.05, 0) is 80.9 Å². The van der Waals surface area contributed by atoms with E-state index in [1.165, 1.54) is 5.56 Å². The summed E-state index contributed by atoms with van der Waals surface area (Å²) < 4.78 is 1.71. The Balaban J connectivity index is 1.67. The molecule has 0 atom stereocenters. The van der Waals surface area contributed by atoms with Crippen LogP contribution in [0.15, 0.2) is 41.2 Å².